The Hall–Kier alpha value is -2.90. The molecule has 3 aromatic carbocycles. The Balaban J connectivity index is 1.80. The molecule has 3 rings (SSSR count). The molecular weight excluding hydrogens is 439 g/mol. The van der Waals surface area contributed by atoms with E-state index < -0.39 is 22.5 Å². The molecule has 0 aliphatic heterocycles. The average molecular weight is 461 g/mol. The fourth-order valence-corrected chi connectivity index (χ4v) is 4.72. The first-order valence-corrected chi connectivity index (χ1v) is 11.4. The fraction of sp³-hybridized carbons (Fsp3) is 0.174. The second kappa shape index (κ2) is 9.94. The van der Waals surface area contributed by atoms with Gasteiger partial charge in [0, 0.05) is 11.6 Å². The number of nitrogens with zero attached hydrogens (tertiary/aromatic N) is 1. The summed E-state index contributed by atoms with van der Waals surface area (Å²) < 4.78 is 40.7. The van der Waals surface area contributed by atoms with E-state index in [2.05, 4.69) is 5.32 Å². The van der Waals surface area contributed by atoms with Crippen LogP contribution in [0.5, 0.6) is 0 Å². The van der Waals surface area contributed by atoms with Crippen LogP contribution in [0.2, 0.25) is 5.02 Å². The van der Waals surface area contributed by atoms with Gasteiger partial charge in [-0.15, -0.1) is 0 Å². The molecule has 1 N–H and O–H groups in total. The van der Waals surface area contributed by atoms with Crippen molar-refractivity contribution in [2.75, 3.05) is 17.4 Å². The zero-order valence-corrected chi connectivity index (χ0v) is 18.5. The SMILES string of the molecule is Cc1ccc(Cl)cc1N(CC(=O)NCCc1ccc(F)cc1)S(=O)(=O)c1ccccc1. The number of sulfonamides is 1. The Morgan fingerprint density at radius 2 is 1.71 bits per heavy atom. The number of benzene rings is 3. The molecule has 0 spiro atoms. The van der Waals surface area contributed by atoms with E-state index >= 15 is 0 Å². The van der Waals surface area contributed by atoms with Crippen LogP contribution in [0.15, 0.2) is 77.7 Å². The van der Waals surface area contributed by atoms with Crippen molar-refractivity contribution >= 4 is 33.2 Å². The number of carbonyl (C=O) groups is 1. The molecule has 0 saturated carbocycles. The number of carbonyl (C=O) groups excluding carboxylic acids is 1. The topological polar surface area (TPSA) is 66.5 Å². The highest BCUT2D eigenvalue weighted by molar-refractivity contribution is 7.92. The minimum absolute atomic E-state index is 0.0773. The van der Waals surface area contributed by atoms with Crippen molar-refractivity contribution in [3.05, 3.63) is 94.8 Å². The molecule has 0 aromatic heterocycles. The van der Waals surface area contributed by atoms with E-state index in [1.807, 2.05) is 0 Å². The molecule has 1 amide bonds. The summed E-state index contributed by atoms with van der Waals surface area (Å²) in [5.41, 5.74) is 1.87. The lowest BCUT2D eigenvalue weighted by atomic mass is 10.1. The number of amides is 1. The van der Waals surface area contributed by atoms with Crippen LogP contribution < -0.4 is 9.62 Å². The van der Waals surface area contributed by atoms with Crippen LogP contribution in [0.25, 0.3) is 0 Å². The van der Waals surface area contributed by atoms with E-state index in [1.165, 1.54) is 30.3 Å². The second-order valence-corrected chi connectivity index (χ2v) is 9.28. The molecule has 0 fully saturated rings. The maximum Gasteiger partial charge on any atom is 0.264 e. The van der Waals surface area contributed by atoms with Crippen molar-refractivity contribution < 1.29 is 17.6 Å². The summed E-state index contributed by atoms with van der Waals surface area (Å²) in [7, 11) is -4.00. The van der Waals surface area contributed by atoms with E-state index in [-0.39, 0.29) is 17.3 Å². The standard InChI is InChI=1S/C23H22ClFN2O3S/c1-17-7-10-19(24)15-22(17)27(31(29,30)21-5-3-2-4-6-21)16-23(28)26-14-13-18-8-11-20(25)12-9-18/h2-12,15H,13-14,16H2,1H3,(H,26,28). The third-order valence-electron chi connectivity index (χ3n) is 4.71. The van der Waals surface area contributed by atoms with Gasteiger partial charge in [-0.25, -0.2) is 12.8 Å². The minimum atomic E-state index is -4.00. The predicted molar refractivity (Wildman–Crippen MR) is 120 cm³/mol. The van der Waals surface area contributed by atoms with Gasteiger partial charge in [0.15, 0.2) is 0 Å². The van der Waals surface area contributed by atoms with Gasteiger partial charge < -0.3 is 5.32 Å². The summed E-state index contributed by atoms with van der Waals surface area (Å²) in [5, 5.41) is 3.10. The zero-order chi connectivity index (χ0) is 22.4. The maximum absolute atomic E-state index is 13.3. The molecule has 5 nitrogen and oxygen atoms in total. The Morgan fingerprint density at radius 1 is 1.03 bits per heavy atom. The Morgan fingerprint density at radius 3 is 2.39 bits per heavy atom. The van der Waals surface area contributed by atoms with Crippen LogP contribution >= 0.6 is 11.6 Å². The highest BCUT2D eigenvalue weighted by atomic mass is 35.5. The third-order valence-corrected chi connectivity index (χ3v) is 6.72. The van der Waals surface area contributed by atoms with E-state index in [1.54, 1.807) is 49.4 Å². The van der Waals surface area contributed by atoms with Crippen molar-refractivity contribution in [2.24, 2.45) is 0 Å². The van der Waals surface area contributed by atoms with Gasteiger partial charge in [0.05, 0.1) is 10.6 Å². The lowest BCUT2D eigenvalue weighted by Gasteiger charge is -2.26. The molecule has 0 saturated heterocycles. The molecule has 31 heavy (non-hydrogen) atoms. The van der Waals surface area contributed by atoms with Crippen LogP contribution in [0.1, 0.15) is 11.1 Å². The second-order valence-electron chi connectivity index (χ2n) is 6.98. The number of rotatable bonds is 8. The van der Waals surface area contributed by atoms with E-state index in [9.17, 15) is 17.6 Å². The maximum atomic E-state index is 13.3. The fourth-order valence-electron chi connectivity index (χ4n) is 3.05. The Labute approximate surface area is 186 Å². The summed E-state index contributed by atoms with van der Waals surface area (Å²) in [4.78, 5) is 12.7. The molecule has 3 aromatic rings. The van der Waals surface area contributed by atoms with Crippen molar-refractivity contribution in [1.29, 1.82) is 0 Å². The summed E-state index contributed by atoms with van der Waals surface area (Å²) in [6, 6.07) is 18.8. The molecule has 162 valence electrons. The van der Waals surface area contributed by atoms with Gasteiger partial charge in [0.25, 0.3) is 10.0 Å². The van der Waals surface area contributed by atoms with Gasteiger partial charge in [-0.1, -0.05) is 48.0 Å². The molecule has 0 atom stereocenters. The smallest absolute Gasteiger partial charge is 0.264 e. The van der Waals surface area contributed by atoms with Crippen LogP contribution in [-0.2, 0) is 21.2 Å². The van der Waals surface area contributed by atoms with Crippen molar-refractivity contribution in [2.45, 2.75) is 18.2 Å². The molecule has 0 bridgehead atoms. The van der Waals surface area contributed by atoms with Crippen LogP contribution in [0.4, 0.5) is 10.1 Å². The van der Waals surface area contributed by atoms with Gasteiger partial charge in [-0.3, -0.25) is 9.10 Å². The number of aryl methyl sites for hydroxylation is 1. The van der Waals surface area contributed by atoms with Gasteiger partial charge in [-0.05, 0) is 60.9 Å². The minimum Gasteiger partial charge on any atom is -0.354 e. The van der Waals surface area contributed by atoms with Gasteiger partial charge in [0.1, 0.15) is 12.4 Å². The average Bonchev–Trinajstić information content (AvgIpc) is 2.76. The van der Waals surface area contributed by atoms with Crippen LogP contribution in [-0.4, -0.2) is 27.4 Å². The molecule has 0 aliphatic rings. The molecule has 8 heteroatoms. The monoisotopic (exact) mass is 460 g/mol. The van der Waals surface area contributed by atoms with Crippen molar-refractivity contribution in [1.82, 2.24) is 5.32 Å². The molecule has 0 heterocycles. The highest BCUT2D eigenvalue weighted by Crippen LogP contribution is 2.29. The number of nitrogens with one attached hydrogen (secondary N) is 1. The van der Waals surface area contributed by atoms with Gasteiger partial charge in [0.2, 0.25) is 5.91 Å². The first kappa shape index (κ1) is 22.8. The molecule has 0 unspecified atom stereocenters. The van der Waals surface area contributed by atoms with E-state index in [4.69, 9.17) is 11.6 Å². The molecule has 0 aliphatic carbocycles. The quantitative estimate of drug-likeness (QED) is 0.543. The van der Waals surface area contributed by atoms with Crippen molar-refractivity contribution in [3.8, 4) is 0 Å². The summed E-state index contributed by atoms with van der Waals surface area (Å²) in [6.45, 7) is 1.64. The highest BCUT2D eigenvalue weighted by Gasteiger charge is 2.28. The summed E-state index contributed by atoms with van der Waals surface area (Å²) >= 11 is 6.11. The summed E-state index contributed by atoms with van der Waals surface area (Å²) in [6.07, 6.45) is 0.494. The van der Waals surface area contributed by atoms with Gasteiger partial charge in [-0.2, -0.15) is 0 Å². The third kappa shape index (κ3) is 5.83. The lowest BCUT2D eigenvalue weighted by molar-refractivity contribution is -0.119. The normalized spacial score (nSPS) is 11.2. The van der Waals surface area contributed by atoms with E-state index in [0.29, 0.717) is 22.7 Å². The Kier molecular flexibility index (Phi) is 7.30. The van der Waals surface area contributed by atoms with E-state index in [0.717, 1.165) is 9.87 Å². The number of halogens is 2. The molecule has 0 radical (unpaired) electrons. The number of hydrogen-bond donors (Lipinski definition) is 1. The van der Waals surface area contributed by atoms with Crippen LogP contribution in [0, 0.1) is 12.7 Å². The first-order chi connectivity index (χ1) is 14.8. The zero-order valence-electron chi connectivity index (χ0n) is 16.9. The number of hydrogen-bond acceptors (Lipinski definition) is 3. The summed E-state index contributed by atoms with van der Waals surface area (Å²) in [5.74, 6) is -0.785. The lowest BCUT2D eigenvalue weighted by Crippen LogP contribution is -2.41. The first-order valence-electron chi connectivity index (χ1n) is 9.62. The van der Waals surface area contributed by atoms with Gasteiger partial charge >= 0.3 is 0 Å². The largest absolute Gasteiger partial charge is 0.354 e. The predicted octanol–water partition coefficient (Wildman–Crippen LogP) is 4.34. The Bertz CT molecular complexity index is 1150. The molecular formula is C23H22ClFN2O3S. The van der Waals surface area contributed by atoms with Crippen molar-refractivity contribution in [3.63, 3.8) is 0 Å². The van der Waals surface area contributed by atoms with Crippen LogP contribution in [0.3, 0.4) is 0 Å². The number of anilines is 1.